The molecule has 1 aliphatic rings. The number of carbonyl (C=O) groups is 1. The van der Waals surface area contributed by atoms with Crippen molar-refractivity contribution in [2.45, 2.75) is 25.9 Å². The Morgan fingerprint density at radius 1 is 1.29 bits per heavy atom. The molecule has 1 saturated heterocycles. The summed E-state index contributed by atoms with van der Waals surface area (Å²) < 4.78 is 38.4. The van der Waals surface area contributed by atoms with E-state index in [-0.39, 0.29) is 5.75 Å². The smallest absolute Gasteiger partial charge is 0.416 e. The number of aliphatic carboxylic acids is 1. The summed E-state index contributed by atoms with van der Waals surface area (Å²) in [6.07, 6.45) is -2.03. The highest BCUT2D eigenvalue weighted by molar-refractivity contribution is 7.80. The summed E-state index contributed by atoms with van der Waals surface area (Å²) in [6.45, 7) is 2.58. The monoisotopic (exact) mass is 471 g/mol. The van der Waals surface area contributed by atoms with Crippen LogP contribution in [0.3, 0.4) is 0 Å². The summed E-state index contributed by atoms with van der Waals surface area (Å²) in [4.78, 5) is 13.4. The number of hydrogen-bond acceptors (Lipinski definition) is 5. The number of anilines is 1. The number of benzene rings is 1. The Bertz CT molecular complexity index is 982. The van der Waals surface area contributed by atoms with Crippen LogP contribution in [0.15, 0.2) is 34.7 Å². The van der Waals surface area contributed by atoms with Gasteiger partial charge in [-0.1, -0.05) is 12.1 Å². The number of piperidine rings is 1. The van der Waals surface area contributed by atoms with Crippen LogP contribution in [-0.2, 0) is 11.0 Å². The van der Waals surface area contributed by atoms with Crippen LogP contribution in [0.4, 0.5) is 18.9 Å². The highest BCUT2D eigenvalue weighted by atomic mass is 32.1. The molecule has 11 heteroatoms. The first-order chi connectivity index (χ1) is 14.6. The molecule has 6 nitrogen and oxygen atoms in total. The van der Waals surface area contributed by atoms with Gasteiger partial charge in [0.05, 0.1) is 16.4 Å². The third-order valence-corrected chi connectivity index (χ3v) is 6.41. The molecule has 0 bridgehead atoms. The van der Waals surface area contributed by atoms with E-state index in [1.54, 1.807) is 12.3 Å². The molecule has 1 aliphatic heterocycles. The minimum Gasteiger partial charge on any atom is -0.504 e. The number of alkyl halides is 3. The van der Waals surface area contributed by atoms with Gasteiger partial charge in [-0.2, -0.15) is 18.3 Å². The highest BCUT2D eigenvalue weighted by Gasteiger charge is 2.31. The van der Waals surface area contributed by atoms with E-state index < -0.39 is 23.6 Å². The molecule has 0 spiro atoms. The van der Waals surface area contributed by atoms with Crippen LogP contribution in [0, 0.1) is 5.92 Å². The topological polar surface area (TPSA) is 76.4 Å². The molecule has 1 fully saturated rings. The molecule has 1 aromatic carbocycles. The van der Waals surface area contributed by atoms with Gasteiger partial charge in [0.2, 0.25) is 0 Å². The first kappa shape index (κ1) is 23.0. The van der Waals surface area contributed by atoms with Crippen LogP contribution < -0.4 is 5.01 Å². The number of carboxylic acids is 1. The number of thiophene rings is 1. The Labute approximate surface area is 186 Å². The van der Waals surface area contributed by atoms with Gasteiger partial charge in [0.1, 0.15) is 5.69 Å². The van der Waals surface area contributed by atoms with Gasteiger partial charge in [-0.15, -0.1) is 11.3 Å². The summed E-state index contributed by atoms with van der Waals surface area (Å²) in [5, 5.41) is 27.5. The van der Waals surface area contributed by atoms with Crippen LogP contribution in [0.5, 0.6) is 5.75 Å². The lowest BCUT2D eigenvalue weighted by atomic mass is 9.97. The van der Waals surface area contributed by atoms with Crippen molar-refractivity contribution in [3.05, 3.63) is 35.2 Å². The minimum atomic E-state index is -4.44. The number of hydrogen-bond donors (Lipinski definition) is 2. The Kier molecular flexibility index (Phi) is 6.85. The number of aromatic hydroxyl groups is 1. The van der Waals surface area contributed by atoms with Crippen molar-refractivity contribution >= 4 is 46.5 Å². The molecule has 166 valence electrons. The number of nitrogens with zero attached hydrogens (tertiary/aromatic N) is 3. The van der Waals surface area contributed by atoms with E-state index >= 15 is 0 Å². The quantitative estimate of drug-likeness (QED) is 0.370. The molecule has 1 aromatic heterocycles. The van der Waals surface area contributed by atoms with E-state index in [1.807, 2.05) is 4.90 Å². The number of thiocarbonyl (C=S) groups is 1. The summed E-state index contributed by atoms with van der Waals surface area (Å²) in [5.41, 5.74) is -0.0191. The molecule has 3 rings (SSSR count). The van der Waals surface area contributed by atoms with Crippen molar-refractivity contribution in [2.24, 2.45) is 11.0 Å². The summed E-state index contributed by atoms with van der Waals surface area (Å²) >= 11 is 6.71. The maximum Gasteiger partial charge on any atom is 0.416 e. The van der Waals surface area contributed by atoms with Crippen molar-refractivity contribution in [2.75, 3.05) is 18.1 Å². The highest BCUT2D eigenvalue weighted by Crippen LogP contribution is 2.44. The van der Waals surface area contributed by atoms with Crippen molar-refractivity contribution in [3.8, 4) is 16.2 Å². The molecule has 0 amide bonds. The second-order valence-electron chi connectivity index (χ2n) is 6.94. The van der Waals surface area contributed by atoms with E-state index in [4.69, 9.17) is 17.3 Å². The summed E-state index contributed by atoms with van der Waals surface area (Å²) in [5.74, 6) is -1.38. The maximum atomic E-state index is 12.8. The zero-order chi connectivity index (χ0) is 22.8. The normalized spacial score (nSPS) is 15.4. The lowest BCUT2D eigenvalue weighted by molar-refractivity contribution is -0.143. The van der Waals surface area contributed by atoms with Crippen LogP contribution >= 0.6 is 23.6 Å². The Morgan fingerprint density at radius 2 is 1.90 bits per heavy atom. The van der Waals surface area contributed by atoms with E-state index in [2.05, 4.69) is 5.10 Å². The largest absolute Gasteiger partial charge is 0.504 e. The molecule has 0 atom stereocenters. The van der Waals surface area contributed by atoms with Gasteiger partial charge in [-0.05, 0) is 49.7 Å². The molecule has 31 heavy (non-hydrogen) atoms. The fourth-order valence-corrected chi connectivity index (χ4v) is 4.55. The predicted octanol–water partition coefficient (Wildman–Crippen LogP) is 5.03. The lowest BCUT2D eigenvalue weighted by Crippen LogP contribution is -2.45. The Hall–Kier alpha value is -2.66. The second-order valence-corrected chi connectivity index (χ2v) is 8.19. The van der Waals surface area contributed by atoms with Gasteiger partial charge in [0.15, 0.2) is 10.9 Å². The second kappa shape index (κ2) is 9.23. The first-order valence-electron chi connectivity index (χ1n) is 9.42. The average molecular weight is 472 g/mol. The Morgan fingerprint density at radius 3 is 2.42 bits per heavy atom. The molecule has 2 aromatic rings. The summed E-state index contributed by atoms with van der Waals surface area (Å²) in [6, 6.07) is 4.54. The molecule has 0 radical (unpaired) electrons. The van der Waals surface area contributed by atoms with Crippen LogP contribution in [0.25, 0.3) is 10.4 Å². The van der Waals surface area contributed by atoms with Crippen molar-refractivity contribution < 1.29 is 28.2 Å². The zero-order valence-corrected chi connectivity index (χ0v) is 18.1. The summed E-state index contributed by atoms with van der Waals surface area (Å²) in [7, 11) is 0. The van der Waals surface area contributed by atoms with E-state index in [0.717, 1.165) is 23.5 Å². The van der Waals surface area contributed by atoms with E-state index in [0.29, 0.717) is 47.2 Å². The van der Waals surface area contributed by atoms with Gasteiger partial charge in [0, 0.05) is 24.7 Å². The van der Waals surface area contributed by atoms with Gasteiger partial charge >= 0.3 is 12.1 Å². The van der Waals surface area contributed by atoms with Gasteiger partial charge in [-0.25, -0.2) is 5.01 Å². The fourth-order valence-electron chi connectivity index (χ4n) is 3.29. The van der Waals surface area contributed by atoms with Crippen molar-refractivity contribution in [3.63, 3.8) is 0 Å². The van der Waals surface area contributed by atoms with Crippen molar-refractivity contribution in [1.29, 1.82) is 0 Å². The number of carboxylic acid groups (broad SMARTS) is 1. The number of likely N-dealkylation sites (tertiary alicyclic amines) is 1. The lowest BCUT2D eigenvalue weighted by Gasteiger charge is -2.35. The molecule has 2 N–H and O–H groups in total. The average Bonchev–Trinajstić information content (AvgIpc) is 3.12. The molecular formula is C20H20F3N3O3S2. The SMILES string of the molecule is C/C=N/N(C(=S)N1CCC(C(=O)O)CC1)c1csc(-c2ccc(C(F)(F)F)cc2)c1O. The minimum absolute atomic E-state index is 0.141. The molecule has 0 aliphatic carbocycles. The Balaban J connectivity index is 1.84. The van der Waals surface area contributed by atoms with E-state index in [1.165, 1.54) is 23.4 Å². The maximum absolute atomic E-state index is 12.8. The molecule has 0 saturated carbocycles. The fraction of sp³-hybridized carbons (Fsp3) is 0.350. The predicted molar refractivity (Wildman–Crippen MR) is 118 cm³/mol. The number of rotatable bonds is 4. The standard InChI is InChI=1S/C20H20F3N3O3S2/c1-2-24-26(19(30)25-9-7-13(8-10-25)18(28)29)15-11-31-17(16(15)27)12-3-5-14(6-4-12)20(21,22)23/h2-6,11,13,27H,7-10H2,1H3,(H,28,29)/b24-2+. The molecular weight excluding hydrogens is 451 g/mol. The third kappa shape index (κ3) is 4.99. The van der Waals surface area contributed by atoms with Gasteiger partial charge in [0.25, 0.3) is 0 Å². The van der Waals surface area contributed by atoms with Crippen LogP contribution in [-0.4, -0.2) is 45.5 Å². The van der Waals surface area contributed by atoms with Crippen molar-refractivity contribution in [1.82, 2.24) is 4.90 Å². The zero-order valence-electron chi connectivity index (χ0n) is 16.5. The first-order valence-corrected chi connectivity index (χ1v) is 10.7. The molecule has 0 unspecified atom stereocenters. The number of halogens is 3. The van der Waals surface area contributed by atoms with E-state index in [9.17, 15) is 23.1 Å². The number of hydrazone groups is 1. The third-order valence-electron chi connectivity index (χ3n) is 4.98. The molecule has 2 heterocycles. The van der Waals surface area contributed by atoms with Crippen LogP contribution in [0.1, 0.15) is 25.3 Å². The van der Waals surface area contributed by atoms with Gasteiger partial charge < -0.3 is 15.1 Å². The van der Waals surface area contributed by atoms with Gasteiger partial charge in [-0.3, -0.25) is 4.79 Å². The van der Waals surface area contributed by atoms with Crippen LogP contribution in [0.2, 0.25) is 0 Å².